The van der Waals surface area contributed by atoms with Gasteiger partial charge in [-0.3, -0.25) is 4.79 Å². The van der Waals surface area contributed by atoms with Crippen molar-refractivity contribution in [3.8, 4) is 0 Å². The topological polar surface area (TPSA) is 46.3 Å². The number of nitrogens with two attached hydrogens (primary N) is 1. The molecule has 1 saturated heterocycles. The Morgan fingerprint density at radius 1 is 0.958 bits per heavy atom. The summed E-state index contributed by atoms with van der Waals surface area (Å²) in [6.07, 6.45) is 3.64. The highest BCUT2D eigenvalue weighted by molar-refractivity contribution is 5.95. The van der Waals surface area contributed by atoms with Crippen molar-refractivity contribution in [1.29, 1.82) is 0 Å². The van der Waals surface area contributed by atoms with Gasteiger partial charge in [0.2, 0.25) is 0 Å². The molecule has 0 radical (unpaired) electrons. The van der Waals surface area contributed by atoms with Gasteiger partial charge in [0, 0.05) is 24.7 Å². The number of halogens is 1. The molecule has 1 fully saturated rings. The molecule has 1 amide bonds. The number of aryl methyl sites for hydroxylation is 2. The number of rotatable bonds is 4. The SMILES string of the molecule is Cl.NC1CCN(C(=O)c2ccccc2CCc2ccccc2)CC1. The van der Waals surface area contributed by atoms with Gasteiger partial charge in [0.15, 0.2) is 0 Å². The first kappa shape index (κ1) is 18.5. The largest absolute Gasteiger partial charge is 0.339 e. The zero-order valence-electron chi connectivity index (χ0n) is 13.9. The van der Waals surface area contributed by atoms with Gasteiger partial charge in [-0.1, -0.05) is 48.5 Å². The Balaban J connectivity index is 0.00000208. The first-order valence-electron chi connectivity index (χ1n) is 8.41. The maximum absolute atomic E-state index is 12.8. The number of piperidine rings is 1. The number of benzene rings is 2. The van der Waals surface area contributed by atoms with E-state index >= 15 is 0 Å². The molecule has 0 bridgehead atoms. The summed E-state index contributed by atoms with van der Waals surface area (Å²) >= 11 is 0. The third-order valence-electron chi connectivity index (χ3n) is 4.60. The quantitative estimate of drug-likeness (QED) is 0.923. The number of carbonyl (C=O) groups excluding carboxylic acids is 1. The molecule has 3 rings (SSSR count). The van der Waals surface area contributed by atoms with Crippen LogP contribution in [-0.4, -0.2) is 29.9 Å². The van der Waals surface area contributed by atoms with Crippen LogP contribution in [-0.2, 0) is 12.8 Å². The van der Waals surface area contributed by atoms with Crippen molar-refractivity contribution >= 4 is 18.3 Å². The maximum Gasteiger partial charge on any atom is 0.254 e. The Hall–Kier alpha value is -1.84. The van der Waals surface area contributed by atoms with Crippen LogP contribution in [0.3, 0.4) is 0 Å². The first-order chi connectivity index (χ1) is 11.2. The molecule has 4 heteroatoms. The third-order valence-corrected chi connectivity index (χ3v) is 4.60. The minimum Gasteiger partial charge on any atom is -0.339 e. The Kier molecular flexibility index (Phi) is 6.83. The molecule has 0 spiro atoms. The predicted octanol–water partition coefficient (Wildman–Crippen LogP) is 3.46. The second-order valence-corrected chi connectivity index (χ2v) is 6.27. The smallest absolute Gasteiger partial charge is 0.254 e. The van der Waals surface area contributed by atoms with Crippen LogP contribution in [0.2, 0.25) is 0 Å². The molecule has 0 atom stereocenters. The molecule has 2 aromatic carbocycles. The van der Waals surface area contributed by atoms with Crippen molar-refractivity contribution in [2.75, 3.05) is 13.1 Å². The van der Waals surface area contributed by atoms with E-state index in [1.807, 2.05) is 29.2 Å². The number of likely N-dealkylation sites (tertiary alicyclic amines) is 1. The lowest BCUT2D eigenvalue weighted by Crippen LogP contribution is -2.43. The highest BCUT2D eigenvalue weighted by Crippen LogP contribution is 2.18. The van der Waals surface area contributed by atoms with E-state index in [9.17, 15) is 4.79 Å². The van der Waals surface area contributed by atoms with E-state index in [0.717, 1.165) is 49.9 Å². The molecule has 2 aromatic rings. The fourth-order valence-corrected chi connectivity index (χ4v) is 3.14. The van der Waals surface area contributed by atoms with Gasteiger partial charge in [0.1, 0.15) is 0 Å². The van der Waals surface area contributed by atoms with Crippen molar-refractivity contribution in [1.82, 2.24) is 4.90 Å². The Bertz CT molecular complexity index is 652. The molecule has 3 nitrogen and oxygen atoms in total. The monoisotopic (exact) mass is 344 g/mol. The summed E-state index contributed by atoms with van der Waals surface area (Å²) in [7, 11) is 0. The van der Waals surface area contributed by atoms with Gasteiger partial charge in [-0.05, 0) is 42.9 Å². The molecule has 24 heavy (non-hydrogen) atoms. The number of hydrogen-bond donors (Lipinski definition) is 1. The zero-order valence-corrected chi connectivity index (χ0v) is 14.7. The number of nitrogens with zero attached hydrogens (tertiary/aromatic N) is 1. The molecule has 128 valence electrons. The summed E-state index contributed by atoms with van der Waals surface area (Å²) in [5.74, 6) is 0.153. The summed E-state index contributed by atoms with van der Waals surface area (Å²) in [5.41, 5.74) is 9.23. The second kappa shape index (κ2) is 8.86. The standard InChI is InChI=1S/C20H24N2O.ClH/c21-18-12-14-22(15-13-18)20(23)19-9-5-4-8-17(19)11-10-16-6-2-1-3-7-16;/h1-9,18H,10-15,21H2;1H. The fraction of sp³-hybridized carbons (Fsp3) is 0.350. The van der Waals surface area contributed by atoms with Gasteiger partial charge in [-0.2, -0.15) is 0 Å². The van der Waals surface area contributed by atoms with E-state index < -0.39 is 0 Å². The van der Waals surface area contributed by atoms with Crippen molar-refractivity contribution in [3.63, 3.8) is 0 Å². The second-order valence-electron chi connectivity index (χ2n) is 6.27. The molecular formula is C20H25ClN2O. The van der Waals surface area contributed by atoms with E-state index in [-0.39, 0.29) is 24.4 Å². The molecular weight excluding hydrogens is 320 g/mol. The maximum atomic E-state index is 12.8. The van der Waals surface area contributed by atoms with Gasteiger partial charge in [-0.25, -0.2) is 0 Å². The summed E-state index contributed by atoms with van der Waals surface area (Å²) in [6, 6.07) is 18.7. The number of amides is 1. The Labute approximate surface area is 150 Å². The van der Waals surface area contributed by atoms with Gasteiger partial charge < -0.3 is 10.6 Å². The molecule has 0 aliphatic carbocycles. The van der Waals surface area contributed by atoms with Crippen LogP contribution in [0.15, 0.2) is 54.6 Å². The van der Waals surface area contributed by atoms with Crippen LogP contribution in [0.4, 0.5) is 0 Å². The van der Waals surface area contributed by atoms with Crippen molar-refractivity contribution in [2.45, 2.75) is 31.7 Å². The van der Waals surface area contributed by atoms with E-state index in [4.69, 9.17) is 5.73 Å². The van der Waals surface area contributed by atoms with Crippen LogP contribution in [0.5, 0.6) is 0 Å². The molecule has 0 saturated carbocycles. The molecule has 1 aliphatic rings. The first-order valence-corrected chi connectivity index (χ1v) is 8.41. The Morgan fingerprint density at radius 2 is 1.58 bits per heavy atom. The summed E-state index contributed by atoms with van der Waals surface area (Å²) in [5, 5.41) is 0. The number of hydrogen-bond acceptors (Lipinski definition) is 2. The molecule has 0 aromatic heterocycles. The average Bonchev–Trinajstić information content (AvgIpc) is 2.61. The van der Waals surface area contributed by atoms with E-state index in [1.54, 1.807) is 0 Å². The van der Waals surface area contributed by atoms with Crippen LogP contribution >= 0.6 is 12.4 Å². The van der Waals surface area contributed by atoms with Crippen molar-refractivity contribution < 1.29 is 4.79 Å². The lowest BCUT2D eigenvalue weighted by atomic mass is 9.98. The zero-order chi connectivity index (χ0) is 16.1. The van der Waals surface area contributed by atoms with Crippen LogP contribution < -0.4 is 5.73 Å². The Morgan fingerprint density at radius 3 is 2.29 bits per heavy atom. The third kappa shape index (κ3) is 4.59. The van der Waals surface area contributed by atoms with Gasteiger partial charge in [0.25, 0.3) is 5.91 Å². The summed E-state index contributed by atoms with van der Waals surface area (Å²) in [4.78, 5) is 14.8. The highest BCUT2D eigenvalue weighted by Gasteiger charge is 2.23. The predicted molar refractivity (Wildman–Crippen MR) is 101 cm³/mol. The van der Waals surface area contributed by atoms with Crippen LogP contribution in [0.25, 0.3) is 0 Å². The fourth-order valence-electron chi connectivity index (χ4n) is 3.14. The van der Waals surface area contributed by atoms with E-state index in [2.05, 4.69) is 30.3 Å². The van der Waals surface area contributed by atoms with Crippen molar-refractivity contribution in [3.05, 3.63) is 71.3 Å². The van der Waals surface area contributed by atoms with E-state index in [0.29, 0.717) is 0 Å². The van der Waals surface area contributed by atoms with E-state index in [1.165, 1.54) is 5.56 Å². The highest BCUT2D eigenvalue weighted by atomic mass is 35.5. The van der Waals surface area contributed by atoms with Gasteiger partial charge >= 0.3 is 0 Å². The van der Waals surface area contributed by atoms with Crippen LogP contribution in [0, 0.1) is 0 Å². The van der Waals surface area contributed by atoms with Gasteiger partial charge in [-0.15, -0.1) is 12.4 Å². The number of carbonyl (C=O) groups is 1. The summed E-state index contributed by atoms with van der Waals surface area (Å²) in [6.45, 7) is 1.54. The minimum atomic E-state index is 0. The molecule has 1 heterocycles. The van der Waals surface area contributed by atoms with Gasteiger partial charge in [0.05, 0.1) is 0 Å². The molecule has 0 unspecified atom stereocenters. The summed E-state index contributed by atoms with van der Waals surface area (Å²) < 4.78 is 0. The molecule has 1 aliphatic heterocycles. The lowest BCUT2D eigenvalue weighted by Gasteiger charge is -2.30. The lowest BCUT2D eigenvalue weighted by molar-refractivity contribution is 0.0713. The molecule has 2 N–H and O–H groups in total. The van der Waals surface area contributed by atoms with Crippen molar-refractivity contribution in [2.24, 2.45) is 5.73 Å². The normalized spacial score (nSPS) is 15.0. The van der Waals surface area contributed by atoms with Crippen LogP contribution in [0.1, 0.15) is 34.3 Å². The minimum absolute atomic E-state index is 0. The average molecular weight is 345 g/mol.